The molecule has 2 rings (SSSR count). The summed E-state index contributed by atoms with van der Waals surface area (Å²) in [6.07, 6.45) is -1.58. The van der Waals surface area contributed by atoms with Gasteiger partial charge in [-0.3, -0.25) is 4.79 Å². The highest BCUT2D eigenvalue weighted by molar-refractivity contribution is 5.84. The van der Waals surface area contributed by atoms with Gasteiger partial charge >= 0.3 is 6.18 Å². The number of carbonyl (C=O) groups is 1. The third-order valence-electron chi connectivity index (χ3n) is 4.83. The van der Waals surface area contributed by atoms with E-state index in [1.54, 1.807) is 0 Å². The zero-order valence-electron chi connectivity index (χ0n) is 12.7. The summed E-state index contributed by atoms with van der Waals surface area (Å²) in [6.45, 7) is 5.43. The molecule has 0 aromatic carbocycles. The van der Waals surface area contributed by atoms with Crippen LogP contribution in [-0.2, 0) is 4.79 Å². The van der Waals surface area contributed by atoms with Gasteiger partial charge in [-0.2, -0.15) is 13.2 Å². The second kappa shape index (κ2) is 6.55. The summed E-state index contributed by atoms with van der Waals surface area (Å²) in [5, 5.41) is 3.27. The van der Waals surface area contributed by atoms with Crippen molar-refractivity contribution >= 4 is 5.91 Å². The lowest BCUT2D eigenvalue weighted by Gasteiger charge is -2.30. The number of likely N-dealkylation sites (tertiary alicyclic amines) is 1. The van der Waals surface area contributed by atoms with Crippen molar-refractivity contribution in [2.24, 2.45) is 11.8 Å². The molecule has 21 heavy (non-hydrogen) atoms. The van der Waals surface area contributed by atoms with Crippen LogP contribution in [0.4, 0.5) is 13.2 Å². The topological polar surface area (TPSA) is 32.3 Å². The van der Waals surface area contributed by atoms with Crippen molar-refractivity contribution in [1.29, 1.82) is 0 Å². The first-order valence-electron chi connectivity index (χ1n) is 7.89. The van der Waals surface area contributed by atoms with Gasteiger partial charge in [-0.15, -0.1) is 0 Å². The van der Waals surface area contributed by atoms with Crippen LogP contribution in [-0.4, -0.2) is 42.2 Å². The minimum absolute atomic E-state index is 0.133. The van der Waals surface area contributed by atoms with Gasteiger partial charge in [-0.1, -0.05) is 0 Å². The van der Waals surface area contributed by atoms with E-state index in [0.717, 1.165) is 13.0 Å². The fourth-order valence-electron chi connectivity index (χ4n) is 3.41. The molecule has 1 saturated heterocycles. The third-order valence-corrected chi connectivity index (χ3v) is 4.83. The van der Waals surface area contributed by atoms with Crippen molar-refractivity contribution in [3.63, 3.8) is 0 Å². The molecule has 1 atom stereocenters. The molecule has 0 spiro atoms. The number of nitrogens with one attached hydrogen (secondary N) is 1. The van der Waals surface area contributed by atoms with Gasteiger partial charge in [0.25, 0.3) is 0 Å². The van der Waals surface area contributed by atoms with E-state index in [0.29, 0.717) is 19.4 Å². The van der Waals surface area contributed by atoms with E-state index in [4.69, 9.17) is 0 Å². The first kappa shape index (κ1) is 16.6. The summed E-state index contributed by atoms with van der Waals surface area (Å²) in [4.78, 5) is 14.0. The fraction of sp³-hybridized carbons (Fsp3) is 0.933. The molecule has 1 N–H and O–H groups in total. The van der Waals surface area contributed by atoms with Crippen LogP contribution in [0, 0.1) is 11.8 Å². The van der Waals surface area contributed by atoms with Gasteiger partial charge in [-0.25, -0.2) is 0 Å². The molecule has 1 heterocycles. The molecule has 2 aliphatic rings. The number of hydrogen-bond donors (Lipinski definition) is 1. The fourth-order valence-corrected chi connectivity index (χ4v) is 3.41. The average Bonchev–Trinajstić information content (AvgIpc) is 2.77. The van der Waals surface area contributed by atoms with Crippen LogP contribution in [0.25, 0.3) is 0 Å². The Hall–Kier alpha value is -0.780. The maximum absolute atomic E-state index is 12.6. The van der Waals surface area contributed by atoms with E-state index >= 15 is 0 Å². The molecule has 2 fully saturated rings. The smallest absolute Gasteiger partial charge is 0.339 e. The first-order valence-corrected chi connectivity index (χ1v) is 7.89. The van der Waals surface area contributed by atoms with E-state index in [1.807, 2.05) is 18.7 Å². The Morgan fingerprint density at radius 2 is 1.81 bits per heavy atom. The summed E-state index contributed by atoms with van der Waals surface area (Å²) in [6, 6.07) is 0.0688. The molecule has 0 bridgehead atoms. The standard InChI is InChI=1S/C15H25F3N2O/c1-10(2)20-8-7-13(14(20)21)19-9-11-3-5-12(6-4-11)15(16,17)18/h10-13,19H,3-9H2,1-2H3. The highest BCUT2D eigenvalue weighted by Gasteiger charge is 2.41. The van der Waals surface area contributed by atoms with E-state index < -0.39 is 12.1 Å². The molecule has 1 aliphatic heterocycles. The molecular weight excluding hydrogens is 281 g/mol. The molecular formula is C15H25F3N2O. The zero-order valence-corrected chi connectivity index (χ0v) is 12.7. The molecule has 0 aromatic heterocycles. The minimum Gasteiger partial charge on any atom is -0.339 e. The van der Waals surface area contributed by atoms with Crippen molar-refractivity contribution in [3.8, 4) is 0 Å². The Kier molecular flexibility index (Phi) is 5.17. The Morgan fingerprint density at radius 1 is 1.19 bits per heavy atom. The van der Waals surface area contributed by atoms with Crippen LogP contribution in [0.2, 0.25) is 0 Å². The number of carbonyl (C=O) groups excluding carboxylic acids is 1. The molecule has 0 aromatic rings. The maximum Gasteiger partial charge on any atom is 0.391 e. The second-order valence-electron chi connectivity index (χ2n) is 6.63. The number of hydrogen-bond acceptors (Lipinski definition) is 2. The summed E-state index contributed by atoms with van der Waals surface area (Å²) >= 11 is 0. The molecule has 1 aliphatic carbocycles. The van der Waals surface area contributed by atoms with Crippen LogP contribution < -0.4 is 5.32 Å². The Bertz CT molecular complexity index is 362. The van der Waals surface area contributed by atoms with Gasteiger partial charge in [0, 0.05) is 12.6 Å². The van der Waals surface area contributed by atoms with Gasteiger partial charge in [-0.05, 0) is 58.4 Å². The maximum atomic E-state index is 12.6. The van der Waals surface area contributed by atoms with Gasteiger partial charge in [0.05, 0.1) is 12.0 Å². The van der Waals surface area contributed by atoms with Gasteiger partial charge in [0.1, 0.15) is 0 Å². The Morgan fingerprint density at radius 3 is 2.29 bits per heavy atom. The van der Waals surface area contributed by atoms with Gasteiger partial charge in [0.2, 0.25) is 5.91 Å². The summed E-state index contributed by atoms with van der Waals surface area (Å²) < 4.78 is 37.8. The van der Waals surface area contributed by atoms with Crippen molar-refractivity contribution < 1.29 is 18.0 Å². The van der Waals surface area contributed by atoms with E-state index in [1.165, 1.54) is 0 Å². The van der Waals surface area contributed by atoms with Crippen LogP contribution in [0.1, 0.15) is 46.0 Å². The number of nitrogens with zero attached hydrogens (tertiary/aromatic N) is 1. The molecule has 1 amide bonds. The molecule has 0 radical (unpaired) electrons. The molecule has 6 heteroatoms. The third kappa shape index (κ3) is 4.11. The monoisotopic (exact) mass is 306 g/mol. The lowest BCUT2D eigenvalue weighted by atomic mass is 9.81. The van der Waals surface area contributed by atoms with Crippen molar-refractivity contribution in [2.75, 3.05) is 13.1 Å². The molecule has 3 nitrogen and oxygen atoms in total. The number of amides is 1. The number of halogens is 3. The predicted octanol–water partition coefficient (Wildman–Crippen LogP) is 2.95. The quantitative estimate of drug-likeness (QED) is 0.866. The van der Waals surface area contributed by atoms with E-state index in [9.17, 15) is 18.0 Å². The van der Waals surface area contributed by atoms with E-state index in [-0.39, 0.29) is 36.8 Å². The van der Waals surface area contributed by atoms with Gasteiger partial charge < -0.3 is 10.2 Å². The number of rotatable bonds is 4. The summed E-state index contributed by atoms with van der Waals surface area (Å²) in [5.74, 6) is -0.725. The lowest BCUT2D eigenvalue weighted by Crippen LogP contribution is -2.43. The minimum atomic E-state index is -4.04. The molecule has 1 unspecified atom stereocenters. The highest BCUT2D eigenvalue weighted by Crippen LogP contribution is 2.39. The van der Waals surface area contributed by atoms with Crippen LogP contribution >= 0.6 is 0 Å². The largest absolute Gasteiger partial charge is 0.391 e. The van der Waals surface area contributed by atoms with Crippen molar-refractivity contribution in [2.45, 2.75) is 64.2 Å². The van der Waals surface area contributed by atoms with Crippen molar-refractivity contribution in [1.82, 2.24) is 10.2 Å². The summed E-state index contributed by atoms with van der Waals surface area (Å²) in [5.41, 5.74) is 0. The average molecular weight is 306 g/mol. The molecule has 1 saturated carbocycles. The van der Waals surface area contributed by atoms with Crippen LogP contribution in [0.15, 0.2) is 0 Å². The van der Waals surface area contributed by atoms with E-state index in [2.05, 4.69) is 5.32 Å². The van der Waals surface area contributed by atoms with Crippen LogP contribution in [0.3, 0.4) is 0 Å². The SMILES string of the molecule is CC(C)N1CCC(NCC2CCC(C(F)(F)F)CC2)C1=O. The number of alkyl halides is 3. The normalized spacial score (nSPS) is 31.2. The van der Waals surface area contributed by atoms with Crippen LogP contribution in [0.5, 0.6) is 0 Å². The van der Waals surface area contributed by atoms with Gasteiger partial charge in [0.15, 0.2) is 0 Å². The van der Waals surface area contributed by atoms with Crippen molar-refractivity contribution in [3.05, 3.63) is 0 Å². The highest BCUT2D eigenvalue weighted by atomic mass is 19.4. The second-order valence-corrected chi connectivity index (χ2v) is 6.63. The summed E-state index contributed by atoms with van der Waals surface area (Å²) in [7, 11) is 0. The lowest BCUT2D eigenvalue weighted by molar-refractivity contribution is -0.183. The zero-order chi connectivity index (χ0) is 15.6. The molecule has 122 valence electrons. The first-order chi connectivity index (χ1) is 9.79. The Labute approximate surface area is 124 Å². The predicted molar refractivity (Wildman–Crippen MR) is 74.8 cm³/mol. The Balaban J connectivity index is 1.72.